The highest BCUT2D eigenvalue weighted by Crippen LogP contribution is 2.60. The smallest absolute Gasteiger partial charge is 0.339 e. The highest BCUT2D eigenvalue weighted by molar-refractivity contribution is 14.1. The van der Waals surface area contributed by atoms with Gasteiger partial charge in [-0.3, -0.25) is 0 Å². The van der Waals surface area contributed by atoms with Gasteiger partial charge in [0.1, 0.15) is 20.8 Å². The normalized spacial score (nSPS) is 36.2. The second-order valence-electron chi connectivity index (χ2n) is 14.6. The average Bonchev–Trinajstić information content (AvgIpc) is 3.79. The minimum absolute atomic E-state index is 0.0520. The van der Waals surface area contributed by atoms with E-state index in [2.05, 4.69) is 12.1 Å². The SMILES string of the molecule is O=S(=O)([O-])c1c(I)cc(OS(=O)(=O)c2c(C3CC4CCC3C4)cc(C3CC4CCC3C4)cc2C2CC3CCC2C3)cc1I. The summed E-state index contributed by atoms with van der Waals surface area (Å²) in [7, 11) is -8.96. The van der Waals surface area contributed by atoms with Crippen LogP contribution in [0.1, 0.15) is 111 Å². The van der Waals surface area contributed by atoms with Gasteiger partial charge in [-0.05, 0) is 185 Å². The van der Waals surface area contributed by atoms with E-state index in [-0.39, 0.29) is 29.6 Å². The van der Waals surface area contributed by atoms with Crippen molar-refractivity contribution in [3.63, 3.8) is 0 Å². The van der Waals surface area contributed by atoms with E-state index in [4.69, 9.17) is 4.18 Å². The van der Waals surface area contributed by atoms with Gasteiger partial charge in [-0.1, -0.05) is 31.4 Å². The van der Waals surface area contributed by atoms with Gasteiger partial charge < -0.3 is 8.74 Å². The molecule has 8 rings (SSSR count). The molecule has 0 saturated heterocycles. The number of hydrogen-bond acceptors (Lipinski definition) is 6. The topological polar surface area (TPSA) is 101 Å². The molecule has 232 valence electrons. The van der Waals surface area contributed by atoms with Crippen LogP contribution in [0.15, 0.2) is 34.1 Å². The van der Waals surface area contributed by atoms with E-state index in [0.29, 0.717) is 40.4 Å². The number of fused-ring (bicyclic) bond motifs is 6. The lowest BCUT2D eigenvalue weighted by atomic mass is 9.75. The average molecular weight is 848 g/mol. The van der Waals surface area contributed by atoms with Gasteiger partial charge in [0.15, 0.2) is 0 Å². The minimum Gasteiger partial charge on any atom is -0.744 e. The maximum absolute atomic E-state index is 14.6. The fourth-order valence-corrected chi connectivity index (χ4v) is 16.0. The lowest BCUT2D eigenvalue weighted by molar-refractivity contribution is 0.392. The van der Waals surface area contributed by atoms with Crippen LogP contribution in [0.5, 0.6) is 5.75 Å². The first-order chi connectivity index (χ1) is 20.4. The summed E-state index contributed by atoms with van der Waals surface area (Å²) >= 11 is 3.56. The Kier molecular flexibility index (Phi) is 7.52. The van der Waals surface area contributed by atoms with Crippen molar-refractivity contribution >= 4 is 65.4 Å². The van der Waals surface area contributed by atoms with E-state index in [1.807, 2.05) is 0 Å². The standard InChI is InChI=1S/C33H38I2O6S2/c34-30-15-24(16-31(35)33(30)42(36,37)38)41-43(39,40)32-28(26-11-18-2-5-21(26)8-18)13-23(25-10-17-1-4-20(25)7-17)14-29(32)27-12-19-3-6-22(27)9-19/h13-22,25-27H,1-12H2,(H,36,37,38)/p-1. The predicted octanol–water partition coefficient (Wildman–Crippen LogP) is 8.28. The molecule has 6 saturated carbocycles. The third-order valence-electron chi connectivity index (χ3n) is 12.3. The lowest BCUT2D eigenvalue weighted by Crippen LogP contribution is -2.23. The number of halogens is 2. The van der Waals surface area contributed by atoms with E-state index in [1.165, 1.54) is 81.9 Å². The van der Waals surface area contributed by atoms with Crippen LogP contribution < -0.4 is 4.18 Å². The highest BCUT2D eigenvalue weighted by Gasteiger charge is 2.48. The van der Waals surface area contributed by atoms with Crippen LogP contribution >= 0.6 is 45.2 Å². The van der Waals surface area contributed by atoms with Gasteiger partial charge in [0.2, 0.25) is 0 Å². The van der Waals surface area contributed by atoms with Gasteiger partial charge in [-0.15, -0.1) is 0 Å². The zero-order chi connectivity index (χ0) is 29.8. The Hall–Kier alpha value is -0.440. The Balaban J connectivity index is 1.28. The lowest BCUT2D eigenvalue weighted by Gasteiger charge is -2.32. The molecule has 9 unspecified atom stereocenters. The maximum atomic E-state index is 14.6. The summed E-state index contributed by atoms with van der Waals surface area (Å²) in [5, 5.41) is 0. The summed E-state index contributed by atoms with van der Waals surface area (Å²) in [4.78, 5) is 0.0686. The third kappa shape index (κ3) is 5.23. The molecule has 2 aromatic rings. The molecule has 9 atom stereocenters. The second-order valence-corrected chi connectivity index (χ2v) is 19.7. The van der Waals surface area contributed by atoms with Crippen LogP contribution in [0, 0.1) is 42.6 Å². The van der Waals surface area contributed by atoms with Gasteiger partial charge in [-0.2, -0.15) is 8.42 Å². The number of benzene rings is 2. The van der Waals surface area contributed by atoms with E-state index in [9.17, 15) is 21.4 Å². The van der Waals surface area contributed by atoms with Crippen molar-refractivity contribution in [2.45, 2.75) is 105 Å². The molecule has 6 nitrogen and oxygen atoms in total. The summed E-state index contributed by atoms with van der Waals surface area (Å²) in [5.74, 6) is 4.95. The van der Waals surface area contributed by atoms with Crippen molar-refractivity contribution in [3.05, 3.63) is 48.1 Å². The Labute approximate surface area is 282 Å². The maximum Gasteiger partial charge on any atom is 0.339 e. The highest BCUT2D eigenvalue weighted by atomic mass is 127. The van der Waals surface area contributed by atoms with Gasteiger partial charge >= 0.3 is 10.1 Å². The Bertz CT molecular complexity index is 1630. The molecule has 6 fully saturated rings. The van der Waals surface area contributed by atoms with Crippen molar-refractivity contribution in [3.8, 4) is 5.75 Å². The predicted molar refractivity (Wildman–Crippen MR) is 179 cm³/mol. The summed E-state index contributed by atoms with van der Waals surface area (Å²) in [6.07, 6.45) is 14.5. The fourth-order valence-electron chi connectivity index (χ4n) is 10.6. The Morgan fingerprint density at radius 1 is 0.605 bits per heavy atom. The van der Waals surface area contributed by atoms with Crippen molar-refractivity contribution < 1.29 is 25.6 Å². The van der Waals surface area contributed by atoms with Gasteiger partial charge in [0.25, 0.3) is 0 Å². The molecule has 2 aromatic carbocycles. The molecule has 10 heteroatoms. The van der Waals surface area contributed by atoms with E-state index < -0.39 is 20.2 Å². The van der Waals surface area contributed by atoms with Gasteiger partial charge in [0.05, 0.1) is 4.90 Å². The third-order valence-corrected chi connectivity index (χ3v) is 17.0. The monoisotopic (exact) mass is 847 g/mol. The first-order valence-corrected chi connectivity index (χ1v) is 21.0. The Morgan fingerprint density at radius 2 is 1.05 bits per heavy atom. The summed E-state index contributed by atoms with van der Waals surface area (Å²) in [6.45, 7) is 0. The van der Waals surface area contributed by atoms with Gasteiger partial charge in [0, 0.05) is 7.14 Å². The molecule has 43 heavy (non-hydrogen) atoms. The number of hydrogen-bond donors (Lipinski definition) is 0. The van der Waals surface area contributed by atoms with E-state index in [1.54, 1.807) is 45.2 Å². The van der Waals surface area contributed by atoms with E-state index >= 15 is 0 Å². The van der Waals surface area contributed by atoms with Crippen LogP contribution in [0.25, 0.3) is 0 Å². The van der Waals surface area contributed by atoms with Crippen LogP contribution in [-0.2, 0) is 20.2 Å². The molecule has 0 spiro atoms. The van der Waals surface area contributed by atoms with Crippen molar-refractivity contribution in [2.75, 3.05) is 0 Å². The zero-order valence-corrected chi connectivity index (χ0v) is 30.0. The first kappa shape index (κ1) is 29.9. The molecule has 6 aliphatic carbocycles. The molecule has 0 amide bonds. The van der Waals surface area contributed by atoms with Crippen LogP contribution in [0.2, 0.25) is 0 Å². The van der Waals surface area contributed by atoms with Gasteiger partial charge in [-0.25, -0.2) is 8.42 Å². The van der Waals surface area contributed by atoms with Crippen molar-refractivity contribution in [1.29, 1.82) is 0 Å². The van der Waals surface area contributed by atoms with Crippen molar-refractivity contribution in [1.82, 2.24) is 0 Å². The molecule has 0 N–H and O–H groups in total. The second kappa shape index (κ2) is 10.8. The Morgan fingerprint density at radius 3 is 1.42 bits per heavy atom. The van der Waals surface area contributed by atoms with Crippen LogP contribution in [0.3, 0.4) is 0 Å². The summed E-state index contributed by atoms with van der Waals surface area (Å²) in [6, 6.07) is 7.32. The van der Waals surface area contributed by atoms with Crippen LogP contribution in [0.4, 0.5) is 0 Å². The molecule has 6 bridgehead atoms. The molecule has 0 aromatic heterocycles. The molecule has 6 aliphatic rings. The summed E-state index contributed by atoms with van der Waals surface area (Å²) in [5.41, 5.74) is 3.36. The minimum atomic E-state index is -4.71. The van der Waals surface area contributed by atoms with Crippen LogP contribution in [-0.4, -0.2) is 21.4 Å². The largest absolute Gasteiger partial charge is 0.744 e. The molecule has 0 radical (unpaired) electrons. The first-order valence-electron chi connectivity index (χ1n) is 16.0. The van der Waals surface area contributed by atoms with Crippen molar-refractivity contribution in [2.24, 2.45) is 35.5 Å². The van der Waals surface area contributed by atoms with E-state index in [0.717, 1.165) is 29.9 Å². The zero-order valence-electron chi connectivity index (χ0n) is 24.0. The molecule has 0 heterocycles. The molecular weight excluding hydrogens is 810 g/mol. The molecule has 0 aliphatic heterocycles. The fraction of sp³-hybridized carbons (Fsp3) is 0.636. The molecular formula is C33H37I2O6S2-. The summed E-state index contributed by atoms with van der Waals surface area (Å²) < 4.78 is 71.1. The number of rotatable bonds is 7. The quantitative estimate of drug-likeness (QED) is 0.158.